The third kappa shape index (κ3) is 12.5. The molecule has 2 aromatic carbocycles. The fraction of sp³-hybridized carbons (Fsp3) is 0.543. The second-order valence-corrected chi connectivity index (χ2v) is 12.3. The molecule has 3 rings (SSSR count). The quantitative estimate of drug-likeness (QED) is 0.165. The van der Waals surface area contributed by atoms with Crippen molar-refractivity contribution in [1.29, 1.82) is 0 Å². The molecular weight excluding hydrogens is 584 g/mol. The molecule has 11 nitrogen and oxygen atoms in total. The first kappa shape index (κ1) is 36.7. The molecule has 1 heterocycles. The van der Waals surface area contributed by atoms with Gasteiger partial charge in [0, 0.05) is 26.1 Å². The minimum Gasteiger partial charge on any atom is -0.380 e. The van der Waals surface area contributed by atoms with Crippen LogP contribution in [0.3, 0.4) is 0 Å². The zero-order valence-corrected chi connectivity index (χ0v) is 27.5. The number of nitrogens with zero attached hydrogens (tertiary/aromatic N) is 1. The maximum atomic E-state index is 13.8. The first-order valence-corrected chi connectivity index (χ1v) is 16.4. The van der Waals surface area contributed by atoms with Gasteiger partial charge in [0.2, 0.25) is 23.6 Å². The van der Waals surface area contributed by atoms with E-state index in [9.17, 15) is 19.2 Å². The highest BCUT2D eigenvalue weighted by molar-refractivity contribution is 5.95. The maximum Gasteiger partial charge on any atom is 0.245 e. The van der Waals surface area contributed by atoms with Crippen LogP contribution in [-0.2, 0) is 36.8 Å². The van der Waals surface area contributed by atoms with E-state index in [1.54, 1.807) is 4.90 Å². The molecule has 11 heteroatoms. The van der Waals surface area contributed by atoms with Gasteiger partial charge in [0.05, 0.1) is 12.6 Å². The van der Waals surface area contributed by atoms with Crippen LogP contribution in [0, 0.1) is 5.92 Å². The lowest BCUT2D eigenvalue weighted by atomic mass is 9.99. The van der Waals surface area contributed by atoms with Crippen molar-refractivity contribution < 1.29 is 23.9 Å². The van der Waals surface area contributed by atoms with Crippen LogP contribution in [0.15, 0.2) is 60.7 Å². The zero-order chi connectivity index (χ0) is 33.3. The van der Waals surface area contributed by atoms with Crippen molar-refractivity contribution in [2.24, 2.45) is 11.7 Å². The molecule has 1 saturated heterocycles. The van der Waals surface area contributed by atoms with Gasteiger partial charge < -0.3 is 36.6 Å². The number of amides is 4. The average Bonchev–Trinajstić information content (AvgIpc) is 3.34. The Bertz CT molecular complexity index is 1220. The van der Waals surface area contributed by atoms with Crippen molar-refractivity contribution in [2.75, 3.05) is 39.9 Å². The highest BCUT2D eigenvalue weighted by Gasteiger charge is 2.32. The summed E-state index contributed by atoms with van der Waals surface area (Å²) in [7, 11) is 1.84. The highest BCUT2D eigenvalue weighted by atomic mass is 16.5. The van der Waals surface area contributed by atoms with Gasteiger partial charge in [0.15, 0.2) is 0 Å². The summed E-state index contributed by atoms with van der Waals surface area (Å²) in [5.74, 6) is -1.46. The largest absolute Gasteiger partial charge is 0.380 e. The summed E-state index contributed by atoms with van der Waals surface area (Å²) in [6.45, 7) is 6.71. The van der Waals surface area contributed by atoms with Crippen molar-refractivity contribution in [1.82, 2.24) is 26.2 Å². The molecule has 0 aromatic heterocycles. The Morgan fingerprint density at radius 1 is 0.783 bits per heavy atom. The summed E-state index contributed by atoms with van der Waals surface area (Å²) in [6, 6.07) is 15.3. The van der Waals surface area contributed by atoms with Crippen LogP contribution in [-0.4, -0.2) is 92.6 Å². The first-order valence-electron chi connectivity index (χ1n) is 16.4. The van der Waals surface area contributed by atoms with Crippen molar-refractivity contribution in [3.63, 3.8) is 0 Å². The third-order valence-electron chi connectivity index (χ3n) is 7.96. The summed E-state index contributed by atoms with van der Waals surface area (Å²) in [5.41, 5.74) is 8.01. The minimum atomic E-state index is -0.968. The number of nitrogens with two attached hydrogens (primary N) is 1. The summed E-state index contributed by atoms with van der Waals surface area (Å²) in [6.07, 6.45) is 2.76. The van der Waals surface area contributed by atoms with Crippen molar-refractivity contribution in [3.05, 3.63) is 71.8 Å². The van der Waals surface area contributed by atoms with Gasteiger partial charge in [-0.15, -0.1) is 0 Å². The molecule has 4 atom stereocenters. The van der Waals surface area contributed by atoms with E-state index < -0.39 is 41.9 Å². The molecule has 46 heavy (non-hydrogen) atoms. The fourth-order valence-corrected chi connectivity index (χ4v) is 5.47. The Hall–Kier alpha value is -3.80. The molecule has 2 aromatic rings. The van der Waals surface area contributed by atoms with Crippen molar-refractivity contribution in [3.8, 4) is 0 Å². The van der Waals surface area contributed by atoms with E-state index in [2.05, 4.69) is 21.3 Å². The number of hydrogen-bond donors (Lipinski definition) is 5. The van der Waals surface area contributed by atoms with Crippen molar-refractivity contribution in [2.45, 2.75) is 76.5 Å². The second kappa shape index (κ2) is 19.7. The number of carbonyl (C=O) groups excluding carboxylic acids is 4. The van der Waals surface area contributed by atoms with E-state index in [4.69, 9.17) is 10.5 Å². The van der Waals surface area contributed by atoms with Gasteiger partial charge in [-0.3, -0.25) is 19.2 Å². The SMILES string of the molecule is CNCCC[C@@H](NC(=O)[C@@H](CC(C)C)NC(=O)[C@@H](Cc1ccccc1)NC(=O)[C@H](N)Cc1ccccc1)C(=O)N1CCCOCC1. The number of hydrogen-bond acceptors (Lipinski definition) is 7. The molecule has 0 saturated carbocycles. The van der Waals surface area contributed by atoms with Crippen molar-refractivity contribution >= 4 is 23.6 Å². The van der Waals surface area contributed by atoms with Gasteiger partial charge in [-0.2, -0.15) is 0 Å². The van der Waals surface area contributed by atoms with E-state index in [1.807, 2.05) is 81.6 Å². The molecule has 0 bridgehead atoms. The van der Waals surface area contributed by atoms with E-state index in [0.717, 1.165) is 17.5 Å². The van der Waals surface area contributed by atoms with Gasteiger partial charge in [0.25, 0.3) is 0 Å². The Kier molecular flexibility index (Phi) is 15.7. The lowest BCUT2D eigenvalue weighted by Gasteiger charge is -2.29. The molecule has 0 unspecified atom stereocenters. The van der Waals surface area contributed by atoms with Crippen LogP contribution < -0.4 is 27.0 Å². The van der Waals surface area contributed by atoms with Gasteiger partial charge in [-0.05, 0) is 62.7 Å². The molecule has 1 aliphatic rings. The third-order valence-corrected chi connectivity index (χ3v) is 7.96. The minimum absolute atomic E-state index is 0.0682. The zero-order valence-electron chi connectivity index (χ0n) is 27.5. The number of benzene rings is 2. The number of carbonyl (C=O) groups is 4. The molecule has 1 fully saturated rings. The van der Waals surface area contributed by atoms with Crippen LogP contribution in [0.4, 0.5) is 0 Å². The molecule has 252 valence electrons. The lowest BCUT2D eigenvalue weighted by Crippen LogP contribution is -2.58. The van der Waals surface area contributed by atoms with Crippen LogP contribution in [0.25, 0.3) is 0 Å². The first-order chi connectivity index (χ1) is 22.2. The maximum absolute atomic E-state index is 13.8. The number of ether oxygens (including phenoxy) is 1. The lowest BCUT2D eigenvalue weighted by molar-refractivity contribution is -0.138. The molecule has 0 radical (unpaired) electrons. The second-order valence-electron chi connectivity index (χ2n) is 12.3. The van der Waals surface area contributed by atoms with E-state index in [-0.39, 0.29) is 18.2 Å². The topological polar surface area (TPSA) is 155 Å². The summed E-state index contributed by atoms with van der Waals surface area (Å²) >= 11 is 0. The average molecular weight is 637 g/mol. The predicted octanol–water partition coefficient (Wildman–Crippen LogP) is 1.55. The van der Waals surface area contributed by atoms with Gasteiger partial charge in [0.1, 0.15) is 18.1 Å². The fourth-order valence-electron chi connectivity index (χ4n) is 5.47. The molecular formula is C35H52N6O5. The predicted molar refractivity (Wildman–Crippen MR) is 179 cm³/mol. The summed E-state index contributed by atoms with van der Waals surface area (Å²) in [5, 5.41) is 11.8. The number of rotatable bonds is 17. The molecule has 0 spiro atoms. The Morgan fingerprint density at radius 3 is 2.00 bits per heavy atom. The normalized spacial score (nSPS) is 16.1. The molecule has 0 aliphatic carbocycles. The van der Waals surface area contributed by atoms with Gasteiger partial charge in [-0.1, -0.05) is 74.5 Å². The standard InChI is InChI=1S/C35H52N6O5/c1-25(2)22-30(33(43)38-29(16-10-17-37-3)35(45)41-18-11-20-46-21-19-41)40-34(44)31(24-27-14-8-5-9-15-27)39-32(42)28(36)23-26-12-6-4-7-13-26/h4-9,12-15,25,28-31,37H,10-11,16-24,36H2,1-3H3,(H,38,43)(H,39,42)(H,40,44)/t28-,29-,30-,31-/m1/s1. The van der Waals surface area contributed by atoms with Crippen LogP contribution >= 0.6 is 0 Å². The Balaban J connectivity index is 1.76. The Morgan fingerprint density at radius 2 is 1.37 bits per heavy atom. The van der Waals surface area contributed by atoms with Crippen LogP contribution in [0.5, 0.6) is 0 Å². The molecule has 6 N–H and O–H groups in total. The van der Waals surface area contributed by atoms with Crippen LogP contribution in [0.1, 0.15) is 50.7 Å². The highest BCUT2D eigenvalue weighted by Crippen LogP contribution is 2.12. The summed E-state index contributed by atoms with van der Waals surface area (Å²) < 4.78 is 5.52. The molecule has 4 amide bonds. The van der Waals surface area contributed by atoms with Crippen LogP contribution in [0.2, 0.25) is 0 Å². The van der Waals surface area contributed by atoms with Gasteiger partial charge in [-0.25, -0.2) is 0 Å². The molecule has 1 aliphatic heterocycles. The van der Waals surface area contributed by atoms with E-state index >= 15 is 0 Å². The summed E-state index contributed by atoms with van der Waals surface area (Å²) in [4.78, 5) is 56.1. The van der Waals surface area contributed by atoms with E-state index in [0.29, 0.717) is 58.5 Å². The van der Waals surface area contributed by atoms with Gasteiger partial charge >= 0.3 is 0 Å². The van der Waals surface area contributed by atoms with E-state index in [1.165, 1.54) is 0 Å². The monoisotopic (exact) mass is 636 g/mol. The number of nitrogens with one attached hydrogen (secondary N) is 4. The smallest absolute Gasteiger partial charge is 0.245 e. The Labute approximate surface area is 273 Å².